The average Bonchev–Trinajstić information content (AvgIpc) is 2.58. The molecule has 0 spiro atoms. The lowest BCUT2D eigenvalue weighted by molar-refractivity contribution is 0.0690. The molecule has 0 atom stereocenters. The maximum atomic E-state index is 11.0. The largest absolute Gasteiger partial charge is 0.476 e. The second kappa shape index (κ2) is 4.41. The smallest absolute Gasteiger partial charge is 0.356 e. The molecule has 0 amide bonds. The highest BCUT2D eigenvalue weighted by Crippen LogP contribution is 2.13. The second-order valence-corrected chi connectivity index (χ2v) is 3.97. The number of hydrogen-bond donors (Lipinski definition) is 1. The number of imidazole rings is 1. The Morgan fingerprint density at radius 2 is 1.94 bits per heavy atom. The van der Waals surface area contributed by atoms with Gasteiger partial charge in [-0.15, -0.1) is 0 Å². The van der Waals surface area contributed by atoms with Gasteiger partial charge in [0.1, 0.15) is 5.82 Å². The van der Waals surface area contributed by atoms with E-state index >= 15 is 0 Å². The number of nitrogens with zero attached hydrogens (tertiary/aromatic N) is 2. The van der Waals surface area contributed by atoms with Crippen molar-refractivity contribution < 1.29 is 9.90 Å². The molecule has 0 saturated heterocycles. The summed E-state index contributed by atoms with van der Waals surface area (Å²) in [5.41, 5.74) is 1.96. The van der Waals surface area contributed by atoms with Crippen molar-refractivity contribution in [2.45, 2.75) is 20.4 Å². The molecule has 2 aromatic rings. The molecular weight excluding hydrogens is 216 g/mol. The molecule has 88 valence electrons. The molecule has 17 heavy (non-hydrogen) atoms. The van der Waals surface area contributed by atoms with Crippen molar-refractivity contribution in [3.8, 4) is 0 Å². The van der Waals surface area contributed by atoms with Crippen molar-refractivity contribution >= 4 is 5.97 Å². The van der Waals surface area contributed by atoms with Crippen molar-refractivity contribution in [1.29, 1.82) is 0 Å². The fourth-order valence-electron chi connectivity index (χ4n) is 1.88. The first kappa shape index (κ1) is 11.4. The number of rotatable bonds is 3. The Kier molecular flexibility index (Phi) is 2.95. The fraction of sp³-hybridized carbons (Fsp3) is 0.231. The van der Waals surface area contributed by atoms with E-state index in [-0.39, 0.29) is 5.69 Å². The summed E-state index contributed by atoms with van der Waals surface area (Å²) in [7, 11) is 0. The lowest BCUT2D eigenvalue weighted by atomic mass is 10.2. The van der Waals surface area contributed by atoms with Gasteiger partial charge in [0.2, 0.25) is 0 Å². The standard InChI is InChI=1S/C13H14N2O2/c1-9-12(13(16)17)14-10(2)15(9)8-11-6-4-3-5-7-11/h3-7H,8H2,1-2H3,(H,16,17). The molecule has 0 aliphatic carbocycles. The van der Waals surface area contributed by atoms with Crippen LogP contribution in [0.25, 0.3) is 0 Å². The predicted molar refractivity (Wildman–Crippen MR) is 64.2 cm³/mol. The molecule has 0 radical (unpaired) electrons. The molecule has 1 N–H and O–H groups in total. The van der Waals surface area contributed by atoms with Gasteiger partial charge in [0.15, 0.2) is 5.69 Å². The van der Waals surface area contributed by atoms with Crippen LogP contribution in [0, 0.1) is 13.8 Å². The van der Waals surface area contributed by atoms with E-state index in [1.165, 1.54) is 0 Å². The third-order valence-corrected chi connectivity index (χ3v) is 2.80. The molecule has 0 unspecified atom stereocenters. The zero-order valence-electron chi connectivity index (χ0n) is 9.84. The van der Waals surface area contributed by atoms with E-state index < -0.39 is 5.97 Å². The molecule has 0 saturated carbocycles. The quantitative estimate of drug-likeness (QED) is 0.879. The minimum atomic E-state index is -0.975. The van der Waals surface area contributed by atoms with Gasteiger partial charge in [-0.25, -0.2) is 9.78 Å². The van der Waals surface area contributed by atoms with Crippen LogP contribution < -0.4 is 0 Å². The van der Waals surface area contributed by atoms with Crippen LogP contribution in [0.3, 0.4) is 0 Å². The summed E-state index contributed by atoms with van der Waals surface area (Å²) in [6, 6.07) is 9.92. The minimum Gasteiger partial charge on any atom is -0.476 e. The summed E-state index contributed by atoms with van der Waals surface area (Å²) >= 11 is 0. The summed E-state index contributed by atoms with van der Waals surface area (Å²) in [6.07, 6.45) is 0. The number of aryl methyl sites for hydroxylation is 1. The summed E-state index contributed by atoms with van der Waals surface area (Å²) in [5.74, 6) is -0.249. The molecule has 1 heterocycles. The van der Waals surface area contributed by atoms with Crippen molar-refractivity contribution in [3.05, 3.63) is 53.1 Å². The minimum absolute atomic E-state index is 0.137. The van der Waals surface area contributed by atoms with Crippen LogP contribution in [-0.4, -0.2) is 20.6 Å². The van der Waals surface area contributed by atoms with Gasteiger partial charge in [0, 0.05) is 12.2 Å². The van der Waals surface area contributed by atoms with Crippen LogP contribution in [0.15, 0.2) is 30.3 Å². The van der Waals surface area contributed by atoms with Crippen LogP contribution in [0.1, 0.15) is 27.6 Å². The van der Waals surface area contributed by atoms with Gasteiger partial charge in [-0.2, -0.15) is 0 Å². The topological polar surface area (TPSA) is 55.1 Å². The average molecular weight is 230 g/mol. The first-order valence-corrected chi connectivity index (χ1v) is 5.40. The number of hydrogen-bond acceptors (Lipinski definition) is 2. The number of carbonyl (C=O) groups is 1. The lowest BCUT2D eigenvalue weighted by Crippen LogP contribution is -2.05. The summed E-state index contributed by atoms with van der Waals surface area (Å²) < 4.78 is 1.92. The van der Waals surface area contributed by atoms with Crippen molar-refractivity contribution in [2.24, 2.45) is 0 Å². The Balaban J connectivity index is 2.37. The molecule has 4 nitrogen and oxygen atoms in total. The lowest BCUT2D eigenvalue weighted by Gasteiger charge is -2.07. The number of aromatic nitrogens is 2. The van der Waals surface area contributed by atoms with E-state index in [1.807, 2.05) is 41.8 Å². The van der Waals surface area contributed by atoms with E-state index in [4.69, 9.17) is 5.11 Å². The summed E-state index contributed by atoms with van der Waals surface area (Å²) in [4.78, 5) is 15.0. The number of carboxylic acid groups (broad SMARTS) is 1. The van der Waals surface area contributed by atoms with Crippen molar-refractivity contribution in [2.75, 3.05) is 0 Å². The van der Waals surface area contributed by atoms with E-state index in [1.54, 1.807) is 6.92 Å². The number of benzene rings is 1. The predicted octanol–water partition coefficient (Wildman–Crippen LogP) is 2.25. The van der Waals surface area contributed by atoms with E-state index in [0.29, 0.717) is 12.2 Å². The zero-order valence-corrected chi connectivity index (χ0v) is 9.84. The van der Waals surface area contributed by atoms with Gasteiger partial charge in [-0.1, -0.05) is 30.3 Å². The molecule has 1 aromatic carbocycles. The van der Waals surface area contributed by atoms with Crippen molar-refractivity contribution in [3.63, 3.8) is 0 Å². The first-order valence-electron chi connectivity index (χ1n) is 5.40. The summed E-state index contributed by atoms with van der Waals surface area (Å²) in [5, 5.41) is 8.99. The maximum absolute atomic E-state index is 11.0. The maximum Gasteiger partial charge on any atom is 0.356 e. The normalized spacial score (nSPS) is 10.5. The van der Waals surface area contributed by atoms with Crippen molar-refractivity contribution in [1.82, 2.24) is 9.55 Å². The van der Waals surface area contributed by atoms with E-state index in [9.17, 15) is 4.79 Å². The molecule has 1 aromatic heterocycles. The molecule has 0 aliphatic heterocycles. The van der Waals surface area contributed by atoms with Crippen LogP contribution >= 0.6 is 0 Å². The zero-order chi connectivity index (χ0) is 12.4. The fourth-order valence-corrected chi connectivity index (χ4v) is 1.88. The molecule has 2 rings (SSSR count). The van der Waals surface area contributed by atoms with Crippen LogP contribution in [0.2, 0.25) is 0 Å². The Labute approximate surface area is 99.5 Å². The SMILES string of the molecule is Cc1nc(C(=O)O)c(C)n1Cc1ccccc1. The van der Waals surface area contributed by atoms with Gasteiger partial charge in [-0.3, -0.25) is 0 Å². The van der Waals surface area contributed by atoms with E-state index in [0.717, 1.165) is 11.4 Å². The molecule has 4 heteroatoms. The van der Waals surface area contributed by atoms with Gasteiger partial charge in [0.05, 0.1) is 0 Å². The van der Waals surface area contributed by atoms with Gasteiger partial charge in [0.25, 0.3) is 0 Å². The Bertz CT molecular complexity index is 544. The van der Waals surface area contributed by atoms with Gasteiger partial charge < -0.3 is 9.67 Å². The third-order valence-electron chi connectivity index (χ3n) is 2.80. The van der Waals surface area contributed by atoms with Crippen LogP contribution in [0.5, 0.6) is 0 Å². The number of carboxylic acids is 1. The Morgan fingerprint density at radius 3 is 2.47 bits per heavy atom. The Hall–Kier alpha value is -2.10. The molecule has 0 fully saturated rings. The first-order chi connectivity index (χ1) is 8.09. The van der Waals surface area contributed by atoms with Gasteiger partial charge in [-0.05, 0) is 19.4 Å². The molecular formula is C13H14N2O2. The highest BCUT2D eigenvalue weighted by Gasteiger charge is 2.16. The molecule has 0 aliphatic rings. The third kappa shape index (κ3) is 2.20. The highest BCUT2D eigenvalue weighted by atomic mass is 16.4. The van der Waals surface area contributed by atoms with Gasteiger partial charge >= 0.3 is 5.97 Å². The van der Waals surface area contributed by atoms with E-state index in [2.05, 4.69) is 4.98 Å². The van der Waals surface area contributed by atoms with Crippen LogP contribution in [-0.2, 0) is 6.54 Å². The molecule has 0 bridgehead atoms. The Morgan fingerprint density at radius 1 is 1.29 bits per heavy atom. The second-order valence-electron chi connectivity index (χ2n) is 3.97. The monoisotopic (exact) mass is 230 g/mol. The summed E-state index contributed by atoms with van der Waals surface area (Å²) in [6.45, 7) is 4.26. The van der Waals surface area contributed by atoms with Crippen LogP contribution in [0.4, 0.5) is 0 Å². The highest BCUT2D eigenvalue weighted by molar-refractivity contribution is 5.86. The number of aromatic carboxylic acids is 1.